The molecule has 0 bridgehead atoms. The number of carbonyl (C=O) groups is 2. The first-order valence-electron chi connectivity index (χ1n) is 6.35. The molecule has 1 aromatic heterocycles. The summed E-state index contributed by atoms with van der Waals surface area (Å²) in [7, 11) is 0. The van der Waals surface area contributed by atoms with E-state index in [4.69, 9.17) is 10.2 Å². The summed E-state index contributed by atoms with van der Waals surface area (Å²) < 4.78 is 0. The molecule has 2 aromatic rings. The van der Waals surface area contributed by atoms with Crippen molar-refractivity contribution in [3.8, 4) is 0 Å². The lowest BCUT2D eigenvalue weighted by atomic mass is 10.1. The lowest BCUT2D eigenvalue weighted by Gasteiger charge is -2.14. The third-order valence-corrected chi connectivity index (χ3v) is 2.95. The van der Waals surface area contributed by atoms with E-state index in [-0.39, 0.29) is 13.0 Å². The number of anilines is 1. The molecule has 2 amide bonds. The number of aromatic nitrogens is 1. The highest BCUT2D eigenvalue weighted by Crippen LogP contribution is 2.21. The number of urea groups is 1. The van der Waals surface area contributed by atoms with Crippen molar-refractivity contribution in [2.45, 2.75) is 12.5 Å². The number of rotatable bonds is 5. The topological polar surface area (TPSA) is 112 Å². The van der Waals surface area contributed by atoms with Crippen LogP contribution in [0, 0.1) is 0 Å². The summed E-state index contributed by atoms with van der Waals surface area (Å²) in [5.74, 6) is -1.20. The molecule has 0 aliphatic heterocycles. The lowest BCUT2D eigenvalue weighted by Crippen LogP contribution is -2.43. The predicted molar refractivity (Wildman–Crippen MR) is 77.0 cm³/mol. The third-order valence-electron chi connectivity index (χ3n) is 2.95. The van der Waals surface area contributed by atoms with Crippen LogP contribution in [0.2, 0.25) is 0 Å². The molecule has 21 heavy (non-hydrogen) atoms. The van der Waals surface area contributed by atoms with Gasteiger partial charge < -0.3 is 20.8 Å². The van der Waals surface area contributed by atoms with Gasteiger partial charge in [-0.2, -0.15) is 0 Å². The second kappa shape index (κ2) is 6.67. The van der Waals surface area contributed by atoms with Gasteiger partial charge >= 0.3 is 12.0 Å². The Morgan fingerprint density at radius 2 is 2.10 bits per heavy atom. The van der Waals surface area contributed by atoms with Gasteiger partial charge in [-0.25, -0.2) is 9.59 Å². The van der Waals surface area contributed by atoms with Gasteiger partial charge in [-0.3, -0.25) is 4.98 Å². The molecule has 0 saturated carbocycles. The summed E-state index contributed by atoms with van der Waals surface area (Å²) in [5.41, 5.74) is 0.534. The Morgan fingerprint density at radius 3 is 2.81 bits per heavy atom. The van der Waals surface area contributed by atoms with Gasteiger partial charge in [0.1, 0.15) is 6.04 Å². The fraction of sp³-hybridized carbons (Fsp3) is 0.214. The summed E-state index contributed by atoms with van der Waals surface area (Å²) in [6.07, 6.45) is 3.21. The molecular formula is C14H15N3O4. The molecule has 0 radical (unpaired) electrons. The number of nitrogens with zero attached hydrogens (tertiary/aromatic N) is 1. The number of aliphatic hydroxyl groups is 1. The number of carboxylic acids is 1. The number of hydrogen-bond acceptors (Lipinski definition) is 4. The number of benzene rings is 1. The van der Waals surface area contributed by atoms with Crippen LogP contribution in [0.1, 0.15) is 6.42 Å². The van der Waals surface area contributed by atoms with E-state index in [1.807, 2.05) is 12.1 Å². The zero-order valence-electron chi connectivity index (χ0n) is 11.1. The van der Waals surface area contributed by atoms with E-state index < -0.39 is 18.0 Å². The molecule has 0 aliphatic carbocycles. The highest BCUT2D eigenvalue weighted by atomic mass is 16.4. The molecule has 7 nitrogen and oxygen atoms in total. The van der Waals surface area contributed by atoms with Crippen LogP contribution in [0.4, 0.5) is 10.5 Å². The molecule has 0 aliphatic rings. The number of aliphatic carboxylic acids is 1. The van der Waals surface area contributed by atoms with Crippen molar-refractivity contribution in [2.24, 2.45) is 0 Å². The lowest BCUT2D eigenvalue weighted by molar-refractivity contribution is -0.139. The molecule has 1 atom stereocenters. The number of nitrogens with one attached hydrogen (secondary N) is 2. The first kappa shape index (κ1) is 14.7. The monoisotopic (exact) mass is 289 g/mol. The Kier molecular flexibility index (Phi) is 4.68. The fourth-order valence-corrected chi connectivity index (χ4v) is 1.93. The number of carboxylic acid groups (broad SMARTS) is 1. The van der Waals surface area contributed by atoms with Crippen molar-refractivity contribution in [1.29, 1.82) is 0 Å². The minimum atomic E-state index is -1.20. The summed E-state index contributed by atoms with van der Waals surface area (Å²) in [4.78, 5) is 26.8. The molecule has 0 saturated heterocycles. The zero-order valence-corrected chi connectivity index (χ0v) is 11.1. The Hall–Kier alpha value is -2.67. The number of carbonyl (C=O) groups excluding carboxylic acids is 1. The molecule has 110 valence electrons. The van der Waals surface area contributed by atoms with Gasteiger partial charge in [-0.1, -0.05) is 12.1 Å². The summed E-state index contributed by atoms with van der Waals surface area (Å²) in [5, 5.41) is 24.3. The number of pyridine rings is 1. The van der Waals surface area contributed by atoms with E-state index in [1.54, 1.807) is 24.5 Å². The maximum Gasteiger partial charge on any atom is 0.326 e. The molecular weight excluding hydrogens is 274 g/mol. The van der Waals surface area contributed by atoms with Crippen molar-refractivity contribution in [3.05, 3.63) is 36.7 Å². The van der Waals surface area contributed by atoms with E-state index in [0.29, 0.717) is 5.69 Å². The molecule has 0 spiro atoms. The number of fused-ring (bicyclic) bond motifs is 1. The maximum absolute atomic E-state index is 11.9. The first-order valence-corrected chi connectivity index (χ1v) is 6.35. The van der Waals surface area contributed by atoms with Crippen LogP contribution in [-0.4, -0.2) is 39.8 Å². The highest BCUT2D eigenvalue weighted by Gasteiger charge is 2.19. The average Bonchev–Trinajstić information content (AvgIpc) is 2.47. The van der Waals surface area contributed by atoms with Gasteiger partial charge in [0.2, 0.25) is 0 Å². The van der Waals surface area contributed by atoms with Crippen LogP contribution >= 0.6 is 0 Å². The van der Waals surface area contributed by atoms with Crippen LogP contribution in [0.5, 0.6) is 0 Å². The van der Waals surface area contributed by atoms with Crippen molar-refractivity contribution >= 4 is 28.5 Å². The van der Waals surface area contributed by atoms with Crippen molar-refractivity contribution in [2.75, 3.05) is 11.9 Å². The second-order valence-corrected chi connectivity index (χ2v) is 4.40. The Morgan fingerprint density at radius 1 is 1.29 bits per heavy atom. The summed E-state index contributed by atoms with van der Waals surface area (Å²) >= 11 is 0. The van der Waals surface area contributed by atoms with Gasteiger partial charge in [0.05, 0.1) is 5.69 Å². The van der Waals surface area contributed by atoms with Crippen LogP contribution < -0.4 is 10.6 Å². The van der Waals surface area contributed by atoms with Crippen LogP contribution in [0.3, 0.4) is 0 Å². The average molecular weight is 289 g/mol. The molecule has 1 heterocycles. The third kappa shape index (κ3) is 3.67. The highest BCUT2D eigenvalue weighted by molar-refractivity contribution is 6.01. The molecule has 0 fully saturated rings. The SMILES string of the molecule is O=C(Nc1cccc2ccncc12)NC(CCO)C(=O)O. The summed E-state index contributed by atoms with van der Waals surface area (Å²) in [6, 6.07) is 5.39. The van der Waals surface area contributed by atoms with E-state index in [2.05, 4.69) is 15.6 Å². The Labute approximate surface area is 120 Å². The van der Waals surface area contributed by atoms with Gasteiger partial charge in [0.25, 0.3) is 0 Å². The zero-order chi connectivity index (χ0) is 15.2. The van der Waals surface area contributed by atoms with Gasteiger partial charge in [-0.05, 0) is 17.5 Å². The smallest absolute Gasteiger partial charge is 0.326 e. The fourth-order valence-electron chi connectivity index (χ4n) is 1.93. The normalized spacial score (nSPS) is 11.9. The van der Waals surface area contributed by atoms with E-state index in [1.165, 1.54) is 0 Å². The molecule has 1 aromatic carbocycles. The summed E-state index contributed by atoms with van der Waals surface area (Å²) in [6.45, 7) is -0.324. The largest absolute Gasteiger partial charge is 0.480 e. The number of hydrogen-bond donors (Lipinski definition) is 4. The second-order valence-electron chi connectivity index (χ2n) is 4.40. The number of amides is 2. The van der Waals surface area contributed by atoms with Crippen LogP contribution in [0.15, 0.2) is 36.7 Å². The minimum Gasteiger partial charge on any atom is -0.480 e. The van der Waals surface area contributed by atoms with Crippen LogP contribution in [-0.2, 0) is 4.79 Å². The van der Waals surface area contributed by atoms with E-state index >= 15 is 0 Å². The molecule has 7 heteroatoms. The number of aliphatic hydroxyl groups excluding tert-OH is 1. The van der Waals surface area contributed by atoms with Crippen molar-refractivity contribution in [1.82, 2.24) is 10.3 Å². The van der Waals surface area contributed by atoms with Crippen molar-refractivity contribution in [3.63, 3.8) is 0 Å². The van der Waals surface area contributed by atoms with E-state index in [0.717, 1.165) is 10.8 Å². The molecule has 1 unspecified atom stereocenters. The van der Waals surface area contributed by atoms with Gasteiger partial charge in [-0.15, -0.1) is 0 Å². The minimum absolute atomic E-state index is 0.0557. The van der Waals surface area contributed by atoms with E-state index in [9.17, 15) is 9.59 Å². The van der Waals surface area contributed by atoms with Gasteiger partial charge in [0.15, 0.2) is 0 Å². The standard InChI is InChI=1S/C14H15N3O4/c18-7-5-12(13(19)20)17-14(21)16-11-3-1-2-9-4-6-15-8-10(9)11/h1-4,6,8,12,18H,5,7H2,(H,19,20)(H2,16,17,21). The quantitative estimate of drug-likeness (QED) is 0.660. The molecule has 4 N–H and O–H groups in total. The first-order chi connectivity index (χ1) is 10.1. The Bertz CT molecular complexity index is 654. The molecule has 2 rings (SSSR count). The van der Waals surface area contributed by atoms with Crippen molar-refractivity contribution < 1.29 is 19.8 Å². The predicted octanol–water partition coefficient (Wildman–Crippen LogP) is 1.19. The van der Waals surface area contributed by atoms with Gasteiger partial charge in [0, 0.05) is 30.8 Å². The van der Waals surface area contributed by atoms with Crippen LogP contribution in [0.25, 0.3) is 10.8 Å². The maximum atomic E-state index is 11.9. The Balaban J connectivity index is 2.13.